The third kappa shape index (κ3) is 4.47. The van der Waals surface area contributed by atoms with Crippen LogP contribution < -0.4 is 5.32 Å². The Labute approximate surface area is 109 Å². The standard InChI is InChI=1S/C12H15NO2S2/c14-11(6-13-10-3-5-16-9-10)7-15-8-12-2-1-4-17-12/h1-5,9,11,13-14H,6-8H2. The van der Waals surface area contributed by atoms with Crippen LogP contribution in [0.2, 0.25) is 0 Å². The van der Waals surface area contributed by atoms with Crippen LogP contribution in [0.15, 0.2) is 34.3 Å². The lowest BCUT2D eigenvalue weighted by Gasteiger charge is -2.11. The Balaban J connectivity index is 1.59. The average molecular weight is 269 g/mol. The first kappa shape index (κ1) is 12.6. The monoisotopic (exact) mass is 269 g/mol. The van der Waals surface area contributed by atoms with E-state index in [1.165, 1.54) is 4.88 Å². The van der Waals surface area contributed by atoms with Crippen LogP contribution in [0.4, 0.5) is 5.69 Å². The summed E-state index contributed by atoms with van der Waals surface area (Å²) in [6, 6.07) is 6.02. The molecular weight excluding hydrogens is 254 g/mol. The van der Waals surface area contributed by atoms with Crippen LogP contribution in [0.25, 0.3) is 0 Å². The lowest BCUT2D eigenvalue weighted by Crippen LogP contribution is -2.24. The molecule has 0 saturated heterocycles. The zero-order valence-corrected chi connectivity index (χ0v) is 11.0. The van der Waals surface area contributed by atoms with Crippen molar-refractivity contribution in [1.29, 1.82) is 0 Å². The number of anilines is 1. The van der Waals surface area contributed by atoms with Gasteiger partial charge in [0.15, 0.2) is 0 Å². The molecule has 2 N–H and O–H groups in total. The predicted molar refractivity (Wildman–Crippen MR) is 72.8 cm³/mol. The number of ether oxygens (including phenoxy) is 1. The smallest absolute Gasteiger partial charge is 0.0945 e. The summed E-state index contributed by atoms with van der Waals surface area (Å²) >= 11 is 3.30. The molecule has 3 nitrogen and oxygen atoms in total. The van der Waals surface area contributed by atoms with Gasteiger partial charge in [0.1, 0.15) is 0 Å². The summed E-state index contributed by atoms with van der Waals surface area (Å²) in [6.45, 7) is 1.45. The Bertz CT molecular complexity index is 400. The first-order chi connectivity index (χ1) is 8.34. The summed E-state index contributed by atoms with van der Waals surface area (Å²) in [5.74, 6) is 0. The SMILES string of the molecule is OC(CNc1ccsc1)COCc1cccs1. The fraction of sp³-hybridized carbons (Fsp3) is 0.333. The van der Waals surface area contributed by atoms with E-state index >= 15 is 0 Å². The van der Waals surface area contributed by atoms with Crippen molar-refractivity contribution < 1.29 is 9.84 Å². The predicted octanol–water partition coefficient (Wildman–Crippen LogP) is 2.80. The second-order valence-electron chi connectivity index (χ2n) is 3.64. The molecule has 17 heavy (non-hydrogen) atoms. The molecule has 1 atom stereocenters. The van der Waals surface area contributed by atoms with E-state index in [1.54, 1.807) is 22.7 Å². The Hall–Kier alpha value is -0.880. The van der Waals surface area contributed by atoms with Crippen LogP contribution in [0.1, 0.15) is 4.88 Å². The maximum Gasteiger partial charge on any atom is 0.0945 e. The summed E-state index contributed by atoms with van der Waals surface area (Å²) in [4.78, 5) is 1.18. The zero-order chi connectivity index (χ0) is 11.9. The van der Waals surface area contributed by atoms with Gasteiger partial charge in [-0.2, -0.15) is 11.3 Å². The second kappa shape index (κ2) is 6.76. The van der Waals surface area contributed by atoms with Gasteiger partial charge in [-0.1, -0.05) is 6.07 Å². The summed E-state index contributed by atoms with van der Waals surface area (Å²) < 4.78 is 5.43. The Morgan fingerprint density at radius 3 is 3.00 bits per heavy atom. The summed E-state index contributed by atoms with van der Waals surface area (Å²) in [5.41, 5.74) is 1.05. The third-order valence-corrected chi connectivity index (χ3v) is 3.73. The number of hydrogen-bond donors (Lipinski definition) is 2. The molecule has 2 heterocycles. The van der Waals surface area contributed by atoms with Gasteiger partial charge >= 0.3 is 0 Å². The topological polar surface area (TPSA) is 41.5 Å². The molecule has 0 aliphatic rings. The number of aliphatic hydroxyl groups excluding tert-OH is 1. The van der Waals surface area contributed by atoms with Crippen molar-refractivity contribution in [1.82, 2.24) is 0 Å². The number of rotatable bonds is 7. The first-order valence-electron chi connectivity index (χ1n) is 5.39. The molecule has 0 aromatic carbocycles. The largest absolute Gasteiger partial charge is 0.389 e. The lowest BCUT2D eigenvalue weighted by molar-refractivity contribution is 0.0359. The highest BCUT2D eigenvalue weighted by Crippen LogP contribution is 2.12. The fourth-order valence-electron chi connectivity index (χ4n) is 1.35. The lowest BCUT2D eigenvalue weighted by atomic mass is 10.3. The fourth-order valence-corrected chi connectivity index (χ4v) is 2.60. The average Bonchev–Trinajstić information content (AvgIpc) is 2.99. The number of aliphatic hydroxyl groups is 1. The van der Waals surface area contributed by atoms with E-state index in [-0.39, 0.29) is 0 Å². The van der Waals surface area contributed by atoms with Gasteiger partial charge in [-0.25, -0.2) is 0 Å². The minimum absolute atomic E-state index is 0.356. The van der Waals surface area contributed by atoms with Crippen LogP contribution in [0, 0.1) is 0 Å². The van der Waals surface area contributed by atoms with Gasteiger partial charge in [0.05, 0.1) is 19.3 Å². The molecule has 0 aliphatic heterocycles. The Kier molecular flexibility index (Phi) is 5.00. The molecule has 0 saturated carbocycles. The highest BCUT2D eigenvalue weighted by Gasteiger charge is 2.04. The summed E-state index contributed by atoms with van der Waals surface area (Å²) in [5, 5.41) is 18.9. The van der Waals surface area contributed by atoms with Crippen molar-refractivity contribution in [2.45, 2.75) is 12.7 Å². The van der Waals surface area contributed by atoms with Gasteiger partial charge in [0, 0.05) is 22.5 Å². The van der Waals surface area contributed by atoms with Crippen LogP contribution in [0.3, 0.4) is 0 Å². The van der Waals surface area contributed by atoms with Crippen molar-refractivity contribution in [2.24, 2.45) is 0 Å². The highest BCUT2D eigenvalue weighted by atomic mass is 32.1. The summed E-state index contributed by atoms with van der Waals surface area (Å²) in [7, 11) is 0. The molecule has 0 bridgehead atoms. The number of hydrogen-bond acceptors (Lipinski definition) is 5. The van der Waals surface area contributed by atoms with Gasteiger partial charge in [0.25, 0.3) is 0 Å². The van der Waals surface area contributed by atoms with Gasteiger partial charge in [-0.3, -0.25) is 0 Å². The van der Waals surface area contributed by atoms with Crippen molar-refractivity contribution in [3.63, 3.8) is 0 Å². The van der Waals surface area contributed by atoms with Crippen molar-refractivity contribution >= 4 is 28.4 Å². The van der Waals surface area contributed by atoms with E-state index in [1.807, 2.05) is 34.3 Å². The van der Waals surface area contributed by atoms with Crippen LogP contribution >= 0.6 is 22.7 Å². The van der Waals surface area contributed by atoms with Crippen molar-refractivity contribution in [2.75, 3.05) is 18.5 Å². The number of nitrogens with one attached hydrogen (secondary N) is 1. The quantitative estimate of drug-likeness (QED) is 0.812. The molecule has 0 radical (unpaired) electrons. The highest BCUT2D eigenvalue weighted by molar-refractivity contribution is 7.09. The molecule has 92 valence electrons. The first-order valence-corrected chi connectivity index (χ1v) is 7.21. The third-order valence-electron chi connectivity index (χ3n) is 2.20. The molecule has 5 heteroatoms. The molecule has 0 aliphatic carbocycles. The minimum atomic E-state index is -0.477. The van der Waals surface area contributed by atoms with Gasteiger partial charge in [-0.05, 0) is 22.9 Å². The molecule has 2 aromatic heterocycles. The van der Waals surface area contributed by atoms with Gasteiger partial charge in [0.2, 0.25) is 0 Å². The molecule has 1 unspecified atom stereocenters. The Morgan fingerprint density at radius 2 is 2.29 bits per heavy atom. The second-order valence-corrected chi connectivity index (χ2v) is 5.45. The van der Waals surface area contributed by atoms with E-state index in [4.69, 9.17) is 4.74 Å². The van der Waals surface area contributed by atoms with Crippen LogP contribution in [-0.2, 0) is 11.3 Å². The van der Waals surface area contributed by atoms with E-state index in [0.717, 1.165) is 5.69 Å². The van der Waals surface area contributed by atoms with Crippen molar-refractivity contribution in [3.8, 4) is 0 Å². The van der Waals surface area contributed by atoms with Crippen LogP contribution in [0.5, 0.6) is 0 Å². The molecule has 0 spiro atoms. The maximum atomic E-state index is 9.70. The van der Waals surface area contributed by atoms with Gasteiger partial charge in [-0.15, -0.1) is 11.3 Å². The van der Waals surface area contributed by atoms with E-state index < -0.39 is 6.10 Å². The van der Waals surface area contributed by atoms with E-state index in [9.17, 15) is 5.11 Å². The number of thiophene rings is 2. The normalized spacial score (nSPS) is 12.5. The summed E-state index contributed by atoms with van der Waals surface area (Å²) in [6.07, 6.45) is -0.477. The minimum Gasteiger partial charge on any atom is -0.389 e. The maximum absolute atomic E-state index is 9.70. The zero-order valence-electron chi connectivity index (χ0n) is 9.33. The molecule has 2 rings (SSSR count). The van der Waals surface area contributed by atoms with Crippen LogP contribution in [-0.4, -0.2) is 24.4 Å². The van der Waals surface area contributed by atoms with E-state index in [2.05, 4.69) is 5.32 Å². The molecule has 0 fully saturated rings. The molecule has 2 aromatic rings. The van der Waals surface area contributed by atoms with Crippen molar-refractivity contribution in [3.05, 3.63) is 39.2 Å². The van der Waals surface area contributed by atoms with E-state index in [0.29, 0.717) is 19.8 Å². The Morgan fingerprint density at radius 1 is 1.35 bits per heavy atom. The van der Waals surface area contributed by atoms with Gasteiger partial charge < -0.3 is 15.2 Å². The molecular formula is C12H15NO2S2. The molecule has 0 amide bonds.